The summed E-state index contributed by atoms with van der Waals surface area (Å²) in [5, 5.41) is 2.99. The van der Waals surface area contributed by atoms with Crippen molar-refractivity contribution in [3.8, 4) is 5.75 Å². The standard InChI is InChI=1S/C18H25NO2/c1-13-3-2-4-17(9-13)21-8-7-19-18(20)12-16-11-14-5-6-15(16)10-14/h2-4,9,14-16H,5-8,10-12H2,1H3,(H,19,20). The lowest BCUT2D eigenvalue weighted by Gasteiger charge is -2.20. The molecule has 2 saturated carbocycles. The van der Waals surface area contributed by atoms with Crippen molar-refractivity contribution in [1.82, 2.24) is 5.32 Å². The molecule has 1 aromatic carbocycles. The Morgan fingerprint density at radius 3 is 2.95 bits per heavy atom. The summed E-state index contributed by atoms with van der Waals surface area (Å²) in [5.41, 5.74) is 1.19. The van der Waals surface area contributed by atoms with Gasteiger partial charge >= 0.3 is 0 Å². The second-order valence-electron chi connectivity index (χ2n) is 6.65. The Bertz CT molecular complexity index is 500. The van der Waals surface area contributed by atoms with E-state index in [-0.39, 0.29) is 5.91 Å². The third-order valence-corrected chi connectivity index (χ3v) is 5.01. The summed E-state index contributed by atoms with van der Waals surface area (Å²) in [6.45, 7) is 3.17. The van der Waals surface area contributed by atoms with Gasteiger partial charge in [-0.2, -0.15) is 0 Å². The summed E-state index contributed by atoms with van der Waals surface area (Å²) in [7, 11) is 0. The van der Waals surface area contributed by atoms with Gasteiger partial charge in [0.2, 0.25) is 5.91 Å². The Hall–Kier alpha value is -1.51. The number of carbonyl (C=O) groups is 1. The monoisotopic (exact) mass is 287 g/mol. The third-order valence-electron chi connectivity index (χ3n) is 5.01. The SMILES string of the molecule is Cc1cccc(OCCNC(=O)CC2CC3CCC2C3)c1. The van der Waals surface area contributed by atoms with Crippen molar-refractivity contribution in [2.75, 3.05) is 13.2 Å². The average molecular weight is 287 g/mol. The molecule has 0 radical (unpaired) electrons. The molecule has 3 atom stereocenters. The van der Waals surface area contributed by atoms with Gasteiger partial charge in [0.15, 0.2) is 0 Å². The molecule has 0 saturated heterocycles. The number of ether oxygens (including phenoxy) is 1. The molecule has 21 heavy (non-hydrogen) atoms. The van der Waals surface area contributed by atoms with Gasteiger partial charge in [0.1, 0.15) is 12.4 Å². The highest BCUT2D eigenvalue weighted by Crippen LogP contribution is 2.49. The number of carbonyl (C=O) groups excluding carboxylic acids is 1. The van der Waals surface area contributed by atoms with Gasteiger partial charge < -0.3 is 10.1 Å². The molecule has 1 aromatic rings. The highest BCUT2D eigenvalue weighted by molar-refractivity contribution is 5.76. The number of hydrogen-bond donors (Lipinski definition) is 1. The molecular weight excluding hydrogens is 262 g/mol. The highest BCUT2D eigenvalue weighted by Gasteiger charge is 2.39. The van der Waals surface area contributed by atoms with E-state index in [0.717, 1.165) is 17.6 Å². The Labute approximate surface area is 127 Å². The lowest BCUT2D eigenvalue weighted by Crippen LogP contribution is -2.30. The molecule has 2 aliphatic rings. The minimum Gasteiger partial charge on any atom is -0.492 e. The van der Waals surface area contributed by atoms with Crippen LogP contribution < -0.4 is 10.1 Å². The summed E-state index contributed by atoms with van der Waals surface area (Å²) >= 11 is 0. The molecular formula is C18H25NO2. The predicted molar refractivity (Wildman–Crippen MR) is 83.2 cm³/mol. The molecule has 3 rings (SSSR count). The van der Waals surface area contributed by atoms with Gasteiger partial charge in [-0.15, -0.1) is 0 Å². The molecule has 0 aliphatic heterocycles. The van der Waals surface area contributed by atoms with E-state index < -0.39 is 0 Å². The summed E-state index contributed by atoms with van der Waals surface area (Å²) < 4.78 is 5.64. The first-order valence-electron chi connectivity index (χ1n) is 8.17. The van der Waals surface area contributed by atoms with Crippen LogP contribution >= 0.6 is 0 Å². The zero-order valence-corrected chi connectivity index (χ0v) is 12.8. The van der Waals surface area contributed by atoms with E-state index in [1.165, 1.54) is 31.2 Å². The molecule has 0 aromatic heterocycles. The first-order valence-corrected chi connectivity index (χ1v) is 8.17. The van der Waals surface area contributed by atoms with E-state index in [1.807, 2.05) is 31.2 Å². The molecule has 1 amide bonds. The van der Waals surface area contributed by atoms with Crippen molar-refractivity contribution in [2.45, 2.75) is 39.0 Å². The van der Waals surface area contributed by atoms with Crippen molar-refractivity contribution in [3.05, 3.63) is 29.8 Å². The summed E-state index contributed by atoms with van der Waals surface area (Å²) in [5.74, 6) is 3.45. The Kier molecular flexibility index (Phi) is 4.47. The largest absolute Gasteiger partial charge is 0.492 e. The van der Waals surface area contributed by atoms with E-state index in [9.17, 15) is 4.79 Å². The number of fused-ring (bicyclic) bond motifs is 2. The van der Waals surface area contributed by atoms with Crippen LogP contribution in [0.4, 0.5) is 0 Å². The summed E-state index contributed by atoms with van der Waals surface area (Å²) in [6.07, 6.45) is 6.10. The van der Waals surface area contributed by atoms with Crippen LogP contribution in [-0.4, -0.2) is 19.1 Å². The van der Waals surface area contributed by atoms with Crippen molar-refractivity contribution in [2.24, 2.45) is 17.8 Å². The molecule has 2 aliphatic carbocycles. The van der Waals surface area contributed by atoms with Crippen molar-refractivity contribution in [1.29, 1.82) is 0 Å². The number of nitrogens with one attached hydrogen (secondary N) is 1. The Morgan fingerprint density at radius 1 is 1.33 bits per heavy atom. The Balaban J connectivity index is 1.33. The van der Waals surface area contributed by atoms with E-state index in [4.69, 9.17) is 4.74 Å². The van der Waals surface area contributed by atoms with Gasteiger partial charge in [-0.3, -0.25) is 4.79 Å². The molecule has 3 unspecified atom stereocenters. The van der Waals surface area contributed by atoms with Gasteiger partial charge in [0.25, 0.3) is 0 Å². The second kappa shape index (κ2) is 6.50. The fourth-order valence-electron chi connectivity index (χ4n) is 4.00. The molecule has 3 heteroatoms. The lowest BCUT2D eigenvalue weighted by atomic mass is 9.86. The number of amides is 1. The molecule has 0 spiro atoms. The van der Waals surface area contributed by atoms with Gasteiger partial charge in [-0.05, 0) is 61.6 Å². The number of hydrogen-bond acceptors (Lipinski definition) is 2. The van der Waals surface area contributed by atoms with Crippen LogP contribution in [0.25, 0.3) is 0 Å². The molecule has 2 bridgehead atoms. The topological polar surface area (TPSA) is 38.3 Å². The zero-order chi connectivity index (χ0) is 14.7. The van der Waals surface area contributed by atoms with Crippen LogP contribution in [-0.2, 0) is 4.79 Å². The van der Waals surface area contributed by atoms with E-state index in [2.05, 4.69) is 5.32 Å². The molecule has 2 fully saturated rings. The van der Waals surface area contributed by atoms with Crippen LogP contribution in [0.2, 0.25) is 0 Å². The van der Waals surface area contributed by atoms with E-state index in [0.29, 0.717) is 25.5 Å². The van der Waals surface area contributed by atoms with Gasteiger partial charge in [-0.1, -0.05) is 18.6 Å². The number of benzene rings is 1. The van der Waals surface area contributed by atoms with Crippen molar-refractivity contribution < 1.29 is 9.53 Å². The maximum absolute atomic E-state index is 12.0. The molecule has 114 valence electrons. The van der Waals surface area contributed by atoms with Crippen LogP contribution in [0.1, 0.15) is 37.7 Å². The minimum absolute atomic E-state index is 0.195. The number of aryl methyl sites for hydroxylation is 1. The smallest absolute Gasteiger partial charge is 0.220 e. The first kappa shape index (κ1) is 14.4. The summed E-state index contributed by atoms with van der Waals surface area (Å²) in [4.78, 5) is 12.0. The molecule has 1 N–H and O–H groups in total. The van der Waals surface area contributed by atoms with Crippen LogP contribution in [0, 0.1) is 24.7 Å². The average Bonchev–Trinajstić information content (AvgIpc) is 3.06. The van der Waals surface area contributed by atoms with Gasteiger partial charge in [0, 0.05) is 6.42 Å². The summed E-state index contributed by atoms with van der Waals surface area (Å²) in [6, 6.07) is 7.99. The van der Waals surface area contributed by atoms with Crippen LogP contribution in [0.15, 0.2) is 24.3 Å². The van der Waals surface area contributed by atoms with Gasteiger partial charge in [-0.25, -0.2) is 0 Å². The zero-order valence-electron chi connectivity index (χ0n) is 12.8. The van der Waals surface area contributed by atoms with Gasteiger partial charge in [0.05, 0.1) is 6.54 Å². The van der Waals surface area contributed by atoms with Crippen molar-refractivity contribution >= 4 is 5.91 Å². The minimum atomic E-state index is 0.195. The maximum atomic E-state index is 12.0. The van der Waals surface area contributed by atoms with E-state index >= 15 is 0 Å². The Morgan fingerprint density at radius 2 is 2.24 bits per heavy atom. The predicted octanol–water partition coefficient (Wildman–Crippen LogP) is 3.32. The van der Waals surface area contributed by atoms with Crippen LogP contribution in [0.3, 0.4) is 0 Å². The number of rotatable bonds is 6. The third kappa shape index (κ3) is 3.78. The fourth-order valence-corrected chi connectivity index (χ4v) is 4.00. The fraction of sp³-hybridized carbons (Fsp3) is 0.611. The van der Waals surface area contributed by atoms with Crippen LogP contribution in [0.5, 0.6) is 5.75 Å². The maximum Gasteiger partial charge on any atom is 0.220 e. The first-order chi connectivity index (χ1) is 10.2. The molecule has 0 heterocycles. The highest BCUT2D eigenvalue weighted by atomic mass is 16.5. The molecule has 3 nitrogen and oxygen atoms in total. The normalized spacial score (nSPS) is 26.8. The second-order valence-corrected chi connectivity index (χ2v) is 6.65. The lowest BCUT2D eigenvalue weighted by molar-refractivity contribution is -0.122. The van der Waals surface area contributed by atoms with E-state index in [1.54, 1.807) is 0 Å². The quantitative estimate of drug-likeness (QED) is 0.815. The van der Waals surface area contributed by atoms with Crippen molar-refractivity contribution in [3.63, 3.8) is 0 Å².